The molecule has 7 nitrogen and oxygen atoms in total. The minimum Gasteiger partial charge on any atom is -0.494 e. The standard InChI is InChI=1S/C15H18N4O3/c1-2-22-13-5-3-11(4-6-13)7-15-14(8-16)17-18-19(15)9-12(21)10-20/h3-6,12,20-21H,2,7,9-10H2,1H3. The first-order valence-corrected chi connectivity index (χ1v) is 7.01. The van der Waals surface area contributed by atoms with Crippen molar-refractivity contribution < 1.29 is 14.9 Å². The summed E-state index contributed by atoms with van der Waals surface area (Å²) in [6.45, 7) is 2.25. The van der Waals surface area contributed by atoms with Crippen molar-refractivity contribution in [2.24, 2.45) is 0 Å². The average Bonchev–Trinajstić information content (AvgIpc) is 2.91. The molecule has 1 atom stereocenters. The Hall–Kier alpha value is -2.43. The molecular weight excluding hydrogens is 284 g/mol. The summed E-state index contributed by atoms with van der Waals surface area (Å²) in [4.78, 5) is 0. The van der Waals surface area contributed by atoms with Crippen LogP contribution in [0.4, 0.5) is 0 Å². The molecule has 0 bridgehead atoms. The quantitative estimate of drug-likeness (QED) is 0.771. The van der Waals surface area contributed by atoms with Crippen molar-refractivity contribution in [1.29, 1.82) is 5.26 Å². The Balaban J connectivity index is 2.20. The normalized spacial score (nSPS) is 11.9. The molecule has 0 saturated carbocycles. The number of nitriles is 1. The zero-order valence-corrected chi connectivity index (χ0v) is 12.3. The van der Waals surface area contributed by atoms with E-state index in [9.17, 15) is 5.11 Å². The maximum atomic E-state index is 9.54. The van der Waals surface area contributed by atoms with Gasteiger partial charge in [-0.3, -0.25) is 0 Å². The Morgan fingerprint density at radius 2 is 2.09 bits per heavy atom. The molecule has 7 heteroatoms. The lowest BCUT2D eigenvalue weighted by Crippen LogP contribution is -2.22. The highest BCUT2D eigenvalue weighted by atomic mass is 16.5. The van der Waals surface area contributed by atoms with E-state index in [2.05, 4.69) is 10.3 Å². The van der Waals surface area contributed by atoms with E-state index < -0.39 is 6.10 Å². The van der Waals surface area contributed by atoms with Gasteiger partial charge >= 0.3 is 0 Å². The molecule has 116 valence electrons. The van der Waals surface area contributed by atoms with Crippen LogP contribution in [0.3, 0.4) is 0 Å². The molecule has 1 aromatic heterocycles. The van der Waals surface area contributed by atoms with Crippen molar-refractivity contribution in [2.45, 2.75) is 26.0 Å². The minimum atomic E-state index is -0.938. The van der Waals surface area contributed by atoms with Crippen LogP contribution in [0.2, 0.25) is 0 Å². The topological polar surface area (TPSA) is 104 Å². The molecule has 1 unspecified atom stereocenters. The average molecular weight is 302 g/mol. The number of hydrogen-bond acceptors (Lipinski definition) is 6. The molecule has 0 spiro atoms. The van der Waals surface area contributed by atoms with Crippen LogP contribution < -0.4 is 4.74 Å². The summed E-state index contributed by atoms with van der Waals surface area (Å²) >= 11 is 0. The fourth-order valence-electron chi connectivity index (χ4n) is 2.06. The fourth-order valence-corrected chi connectivity index (χ4v) is 2.06. The predicted octanol–water partition coefficient (Wildman–Crippen LogP) is 0.492. The first-order valence-electron chi connectivity index (χ1n) is 7.01. The largest absolute Gasteiger partial charge is 0.494 e. The molecule has 0 aliphatic carbocycles. The van der Waals surface area contributed by atoms with Crippen molar-refractivity contribution in [3.63, 3.8) is 0 Å². The van der Waals surface area contributed by atoms with Crippen LogP contribution in [-0.2, 0) is 13.0 Å². The molecule has 2 rings (SSSR count). The first-order chi connectivity index (χ1) is 10.7. The minimum absolute atomic E-state index is 0.0948. The van der Waals surface area contributed by atoms with Gasteiger partial charge in [0.2, 0.25) is 0 Å². The summed E-state index contributed by atoms with van der Waals surface area (Å²) in [7, 11) is 0. The van der Waals surface area contributed by atoms with Gasteiger partial charge in [-0.1, -0.05) is 17.3 Å². The van der Waals surface area contributed by atoms with Crippen molar-refractivity contribution in [3.05, 3.63) is 41.2 Å². The number of aliphatic hydroxyl groups excluding tert-OH is 2. The maximum Gasteiger partial charge on any atom is 0.186 e. The van der Waals surface area contributed by atoms with E-state index in [1.165, 1.54) is 4.68 Å². The maximum absolute atomic E-state index is 9.54. The Morgan fingerprint density at radius 3 is 2.68 bits per heavy atom. The molecule has 0 aliphatic heterocycles. The van der Waals surface area contributed by atoms with Crippen LogP contribution >= 0.6 is 0 Å². The third-order valence-electron chi connectivity index (χ3n) is 3.14. The van der Waals surface area contributed by atoms with Gasteiger partial charge < -0.3 is 14.9 Å². The second-order valence-corrected chi connectivity index (χ2v) is 4.77. The van der Waals surface area contributed by atoms with Crippen molar-refractivity contribution in [3.8, 4) is 11.8 Å². The first kappa shape index (κ1) is 15.9. The zero-order valence-electron chi connectivity index (χ0n) is 12.3. The third-order valence-corrected chi connectivity index (χ3v) is 3.14. The highest BCUT2D eigenvalue weighted by Crippen LogP contribution is 2.17. The number of ether oxygens (including phenoxy) is 1. The highest BCUT2D eigenvalue weighted by Gasteiger charge is 2.15. The van der Waals surface area contributed by atoms with E-state index in [1.54, 1.807) is 0 Å². The Labute approximate surface area is 128 Å². The third kappa shape index (κ3) is 3.81. The molecular formula is C15H18N4O3. The summed E-state index contributed by atoms with van der Waals surface area (Å²) in [6.07, 6.45) is -0.479. The molecule has 0 aliphatic rings. The van der Waals surface area contributed by atoms with Gasteiger partial charge in [0.1, 0.15) is 11.8 Å². The van der Waals surface area contributed by atoms with Crippen molar-refractivity contribution in [1.82, 2.24) is 15.0 Å². The molecule has 0 amide bonds. The van der Waals surface area contributed by atoms with Crippen LogP contribution in [0.1, 0.15) is 23.9 Å². The number of aromatic nitrogens is 3. The molecule has 0 radical (unpaired) electrons. The highest BCUT2D eigenvalue weighted by molar-refractivity contribution is 5.33. The Kier molecular flexibility index (Phi) is 5.47. The summed E-state index contributed by atoms with van der Waals surface area (Å²) in [5.74, 6) is 0.786. The summed E-state index contributed by atoms with van der Waals surface area (Å²) in [5.41, 5.74) is 1.81. The fraction of sp³-hybridized carbons (Fsp3) is 0.400. The van der Waals surface area contributed by atoms with E-state index in [0.29, 0.717) is 18.7 Å². The Bertz CT molecular complexity index is 646. The molecule has 22 heavy (non-hydrogen) atoms. The van der Waals surface area contributed by atoms with E-state index in [1.807, 2.05) is 37.3 Å². The van der Waals surface area contributed by atoms with Crippen LogP contribution in [0.25, 0.3) is 0 Å². The van der Waals surface area contributed by atoms with E-state index >= 15 is 0 Å². The van der Waals surface area contributed by atoms with E-state index in [0.717, 1.165) is 11.3 Å². The van der Waals surface area contributed by atoms with E-state index in [-0.39, 0.29) is 18.8 Å². The summed E-state index contributed by atoms with van der Waals surface area (Å²) < 4.78 is 6.84. The lowest BCUT2D eigenvalue weighted by molar-refractivity contribution is 0.0771. The molecule has 0 saturated heterocycles. The van der Waals surface area contributed by atoms with E-state index in [4.69, 9.17) is 15.1 Å². The van der Waals surface area contributed by atoms with Gasteiger partial charge in [0.25, 0.3) is 0 Å². The van der Waals surface area contributed by atoms with Gasteiger partial charge in [0.15, 0.2) is 5.69 Å². The number of aliphatic hydroxyl groups is 2. The number of hydrogen-bond donors (Lipinski definition) is 2. The van der Waals surface area contributed by atoms with Gasteiger partial charge in [-0.2, -0.15) is 5.26 Å². The lowest BCUT2D eigenvalue weighted by atomic mass is 10.1. The monoisotopic (exact) mass is 302 g/mol. The summed E-state index contributed by atoms with van der Waals surface area (Å²) in [6, 6.07) is 9.54. The van der Waals surface area contributed by atoms with Gasteiger partial charge in [0.05, 0.1) is 31.6 Å². The number of nitrogens with zero attached hydrogens (tertiary/aromatic N) is 4. The van der Waals surface area contributed by atoms with Gasteiger partial charge in [-0.05, 0) is 24.6 Å². The lowest BCUT2D eigenvalue weighted by Gasteiger charge is -2.10. The molecule has 2 N–H and O–H groups in total. The molecule has 2 aromatic rings. The summed E-state index contributed by atoms with van der Waals surface area (Å²) in [5, 5.41) is 35.3. The zero-order chi connectivity index (χ0) is 15.9. The van der Waals surface area contributed by atoms with Crippen LogP contribution in [0, 0.1) is 11.3 Å². The van der Waals surface area contributed by atoms with Crippen molar-refractivity contribution >= 4 is 0 Å². The number of benzene rings is 1. The predicted molar refractivity (Wildman–Crippen MR) is 78.2 cm³/mol. The smallest absolute Gasteiger partial charge is 0.186 e. The Morgan fingerprint density at radius 1 is 1.36 bits per heavy atom. The second-order valence-electron chi connectivity index (χ2n) is 4.77. The number of rotatable bonds is 7. The SMILES string of the molecule is CCOc1ccc(Cc2c(C#N)nnn2CC(O)CO)cc1. The van der Waals surface area contributed by atoms with Gasteiger partial charge in [-0.15, -0.1) is 5.10 Å². The molecule has 1 heterocycles. The molecule has 0 fully saturated rings. The second kappa shape index (κ2) is 7.54. The van der Waals surface area contributed by atoms with Gasteiger partial charge in [0, 0.05) is 6.42 Å². The van der Waals surface area contributed by atoms with Crippen LogP contribution in [0.15, 0.2) is 24.3 Å². The van der Waals surface area contributed by atoms with Gasteiger partial charge in [-0.25, -0.2) is 4.68 Å². The molecule has 1 aromatic carbocycles. The van der Waals surface area contributed by atoms with Crippen LogP contribution in [0.5, 0.6) is 5.75 Å². The van der Waals surface area contributed by atoms with Crippen molar-refractivity contribution in [2.75, 3.05) is 13.2 Å². The van der Waals surface area contributed by atoms with Crippen LogP contribution in [-0.4, -0.2) is 44.5 Å².